The van der Waals surface area contributed by atoms with Gasteiger partial charge in [-0.05, 0) is 37.0 Å². The van der Waals surface area contributed by atoms with Crippen LogP contribution in [0.5, 0.6) is 23.0 Å². The molecule has 35 heavy (non-hydrogen) atoms. The highest BCUT2D eigenvalue weighted by Crippen LogP contribution is 2.27. The molecule has 8 heteroatoms. The largest absolute Gasteiger partial charge is 0.497 e. The zero-order chi connectivity index (χ0) is 25.2. The molecule has 1 fully saturated rings. The Hall–Kier alpha value is -3.42. The summed E-state index contributed by atoms with van der Waals surface area (Å²) >= 11 is 0. The van der Waals surface area contributed by atoms with E-state index in [0.29, 0.717) is 29.4 Å². The molecule has 8 nitrogen and oxygen atoms in total. The summed E-state index contributed by atoms with van der Waals surface area (Å²) in [5.74, 6) is 1.84. The first-order valence-electron chi connectivity index (χ1n) is 12.1. The Labute approximate surface area is 207 Å². The molecule has 0 heterocycles. The van der Waals surface area contributed by atoms with Crippen molar-refractivity contribution in [1.82, 2.24) is 10.2 Å². The van der Waals surface area contributed by atoms with Crippen molar-refractivity contribution in [1.29, 1.82) is 0 Å². The molecule has 2 amide bonds. The molecule has 190 valence electrons. The quantitative estimate of drug-likeness (QED) is 0.491. The van der Waals surface area contributed by atoms with Crippen LogP contribution in [0.2, 0.25) is 0 Å². The molecule has 0 saturated heterocycles. The van der Waals surface area contributed by atoms with Gasteiger partial charge in [-0.1, -0.05) is 31.9 Å². The van der Waals surface area contributed by atoms with Gasteiger partial charge in [0.1, 0.15) is 29.0 Å². The lowest BCUT2D eigenvalue weighted by Gasteiger charge is -2.31. The van der Waals surface area contributed by atoms with Crippen molar-refractivity contribution in [2.45, 2.75) is 57.7 Å². The molecule has 0 unspecified atom stereocenters. The number of hydrogen-bond donors (Lipinski definition) is 1. The van der Waals surface area contributed by atoms with Gasteiger partial charge in [-0.3, -0.25) is 9.59 Å². The summed E-state index contributed by atoms with van der Waals surface area (Å²) in [6.07, 6.45) is 4.68. The average Bonchev–Trinajstić information content (AvgIpc) is 3.39. The molecule has 0 spiro atoms. The molecule has 1 N–H and O–H groups in total. The predicted molar refractivity (Wildman–Crippen MR) is 133 cm³/mol. The molecule has 0 radical (unpaired) electrons. The Bertz CT molecular complexity index is 967. The van der Waals surface area contributed by atoms with Gasteiger partial charge in [-0.2, -0.15) is 0 Å². The number of methoxy groups -OCH3 is 3. The lowest BCUT2D eigenvalue weighted by molar-refractivity contribution is -0.143. The number of ether oxygens (including phenoxy) is 4. The topological polar surface area (TPSA) is 86.3 Å². The third-order valence-electron chi connectivity index (χ3n) is 6.26. The minimum Gasteiger partial charge on any atom is -0.497 e. The van der Waals surface area contributed by atoms with Gasteiger partial charge in [0, 0.05) is 30.8 Å². The van der Waals surface area contributed by atoms with Gasteiger partial charge in [-0.15, -0.1) is 0 Å². The van der Waals surface area contributed by atoms with Crippen LogP contribution in [0.4, 0.5) is 0 Å². The standard InChI is InChI=1S/C27H36N2O6/c1-5-25(27(31)28-20-10-6-7-11-20)29(17-19-9-8-12-21(13-19)32-2)26(30)18-35-24-15-22(33-3)14-23(16-24)34-4/h8-9,12-16,20,25H,5-7,10-11,17-18H2,1-4H3,(H,28,31)/t25-/m1/s1. The number of nitrogens with one attached hydrogen (secondary N) is 1. The van der Waals surface area contributed by atoms with Gasteiger partial charge in [0.05, 0.1) is 21.3 Å². The zero-order valence-corrected chi connectivity index (χ0v) is 21.0. The number of amides is 2. The van der Waals surface area contributed by atoms with Crippen molar-refractivity contribution in [3.05, 3.63) is 48.0 Å². The van der Waals surface area contributed by atoms with Gasteiger partial charge in [0.15, 0.2) is 6.61 Å². The number of benzene rings is 2. The van der Waals surface area contributed by atoms with E-state index < -0.39 is 6.04 Å². The number of rotatable bonds is 12. The van der Waals surface area contributed by atoms with Crippen LogP contribution in [0.3, 0.4) is 0 Å². The normalized spacial score (nSPS) is 14.2. The van der Waals surface area contributed by atoms with Crippen molar-refractivity contribution in [3.8, 4) is 23.0 Å². The summed E-state index contributed by atoms with van der Waals surface area (Å²) in [6, 6.07) is 12.2. The molecule has 2 aromatic rings. The van der Waals surface area contributed by atoms with Crippen molar-refractivity contribution in [3.63, 3.8) is 0 Å². The molecule has 1 aliphatic rings. The Morgan fingerprint density at radius 3 is 2.17 bits per heavy atom. The van der Waals surface area contributed by atoms with E-state index in [-0.39, 0.29) is 31.0 Å². The highest BCUT2D eigenvalue weighted by atomic mass is 16.5. The molecule has 3 rings (SSSR count). The summed E-state index contributed by atoms with van der Waals surface area (Å²) < 4.78 is 21.7. The highest BCUT2D eigenvalue weighted by Gasteiger charge is 2.31. The Morgan fingerprint density at radius 2 is 1.57 bits per heavy atom. The maximum atomic E-state index is 13.5. The second kappa shape index (κ2) is 12.9. The van der Waals surface area contributed by atoms with Crippen LogP contribution in [0.15, 0.2) is 42.5 Å². The van der Waals surface area contributed by atoms with Crippen LogP contribution >= 0.6 is 0 Å². The lowest BCUT2D eigenvalue weighted by atomic mass is 10.1. The molecule has 1 aliphatic carbocycles. The molecule has 0 bridgehead atoms. The van der Waals surface area contributed by atoms with Crippen LogP contribution in [0.1, 0.15) is 44.6 Å². The minimum atomic E-state index is -0.613. The summed E-state index contributed by atoms with van der Waals surface area (Å²) in [6.45, 7) is 1.95. The molecule has 0 aromatic heterocycles. The van der Waals surface area contributed by atoms with Crippen LogP contribution in [0.25, 0.3) is 0 Å². The fourth-order valence-corrected chi connectivity index (χ4v) is 4.35. The van der Waals surface area contributed by atoms with E-state index in [4.69, 9.17) is 18.9 Å². The molecule has 1 saturated carbocycles. The Morgan fingerprint density at radius 1 is 0.943 bits per heavy atom. The summed E-state index contributed by atoms with van der Waals surface area (Å²) in [5.41, 5.74) is 0.868. The highest BCUT2D eigenvalue weighted by molar-refractivity contribution is 5.88. The van der Waals surface area contributed by atoms with Crippen molar-refractivity contribution >= 4 is 11.8 Å². The van der Waals surface area contributed by atoms with Gasteiger partial charge in [0.25, 0.3) is 5.91 Å². The Kier molecular flexibility index (Phi) is 9.64. The predicted octanol–water partition coefficient (Wildman–Crippen LogP) is 3.96. The van der Waals surface area contributed by atoms with E-state index in [0.717, 1.165) is 31.2 Å². The summed E-state index contributed by atoms with van der Waals surface area (Å²) in [5, 5.41) is 3.15. The molecule has 0 aliphatic heterocycles. The summed E-state index contributed by atoms with van der Waals surface area (Å²) in [4.78, 5) is 28.3. The maximum absolute atomic E-state index is 13.5. The van der Waals surface area contributed by atoms with Crippen molar-refractivity contribution in [2.75, 3.05) is 27.9 Å². The number of carbonyl (C=O) groups is 2. The van der Waals surface area contributed by atoms with Crippen LogP contribution in [0, 0.1) is 0 Å². The van der Waals surface area contributed by atoms with Crippen LogP contribution in [-0.4, -0.2) is 56.7 Å². The first kappa shape index (κ1) is 26.2. The number of carbonyl (C=O) groups excluding carboxylic acids is 2. The molecule has 1 atom stereocenters. The van der Waals surface area contributed by atoms with Gasteiger partial charge in [-0.25, -0.2) is 0 Å². The maximum Gasteiger partial charge on any atom is 0.261 e. The first-order valence-corrected chi connectivity index (χ1v) is 12.1. The van der Waals surface area contributed by atoms with Gasteiger partial charge in [0.2, 0.25) is 5.91 Å². The third-order valence-corrected chi connectivity index (χ3v) is 6.26. The fraction of sp³-hybridized carbons (Fsp3) is 0.481. The fourth-order valence-electron chi connectivity index (χ4n) is 4.35. The van der Waals surface area contributed by atoms with E-state index in [2.05, 4.69) is 5.32 Å². The Balaban J connectivity index is 1.80. The van der Waals surface area contributed by atoms with Gasteiger partial charge < -0.3 is 29.2 Å². The second-order valence-electron chi connectivity index (χ2n) is 8.62. The second-order valence-corrected chi connectivity index (χ2v) is 8.62. The van der Waals surface area contributed by atoms with Crippen molar-refractivity contribution in [2.24, 2.45) is 0 Å². The third kappa shape index (κ3) is 7.28. The molecular formula is C27H36N2O6. The van der Waals surface area contributed by atoms with Crippen LogP contribution < -0.4 is 24.3 Å². The average molecular weight is 485 g/mol. The molecular weight excluding hydrogens is 448 g/mol. The minimum absolute atomic E-state index is 0.126. The smallest absolute Gasteiger partial charge is 0.261 e. The van der Waals surface area contributed by atoms with E-state index in [1.807, 2.05) is 31.2 Å². The monoisotopic (exact) mass is 484 g/mol. The number of hydrogen-bond acceptors (Lipinski definition) is 6. The lowest BCUT2D eigenvalue weighted by Crippen LogP contribution is -2.52. The van der Waals surface area contributed by atoms with Crippen molar-refractivity contribution < 1.29 is 28.5 Å². The molecule has 2 aromatic carbocycles. The van der Waals surface area contributed by atoms with Crippen LogP contribution in [-0.2, 0) is 16.1 Å². The number of nitrogens with zero attached hydrogens (tertiary/aromatic N) is 1. The van der Waals surface area contributed by atoms with E-state index in [1.165, 1.54) is 0 Å². The van der Waals surface area contributed by atoms with E-state index in [1.54, 1.807) is 44.4 Å². The SMILES string of the molecule is CC[C@H](C(=O)NC1CCCC1)N(Cc1cccc(OC)c1)C(=O)COc1cc(OC)cc(OC)c1. The van der Waals surface area contributed by atoms with E-state index in [9.17, 15) is 9.59 Å². The van der Waals surface area contributed by atoms with E-state index >= 15 is 0 Å². The zero-order valence-electron chi connectivity index (χ0n) is 21.0. The summed E-state index contributed by atoms with van der Waals surface area (Å²) in [7, 11) is 4.70. The first-order chi connectivity index (χ1) is 17.0. The van der Waals surface area contributed by atoms with Gasteiger partial charge >= 0.3 is 0 Å².